The third-order valence-corrected chi connectivity index (χ3v) is 3.34. The van der Waals surface area contributed by atoms with Crippen molar-refractivity contribution in [1.82, 2.24) is 0 Å². The van der Waals surface area contributed by atoms with E-state index in [1.165, 1.54) is 16.7 Å². The maximum atomic E-state index is 6.24. The Labute approximate surface area is 97.8 Å². The van der Waals surface area contributed by atoms with Crippen molar-refractivity contribution < 1.29 is 4.74 Å². The molecule has 1 heterocycles. The van der Waals surface area contributed by atoms with Crippen LogP contribution in [0.5, 0.6) is 5.75 Å². The van der Waals surface area contributed by atoms with Gasteiger partial charge >= 0.3 is 0 Å². The predicted octanol–water partition coefficient (Wildman–Crippen LogP) is 3.29. The summed E-state index contributed by atoms with van der Waals surface area (Å²) < 4.78 is 5.91. The molecule has 0 bridgehead atoms. The van der Waals surface area contributed by atoms with E-state index in [0.717, 1.165) is 25.2 Å². The summed E-state index contributed by atoms with van der Waals surface area (Å²) >= 11 is 0. The topological polar surface area (TPSA) is 35.2 Å². The molecule has 2 heteroatoms. The minimum atomic E-state index is 0.135. The Hall–Kier alpha value is -1.02. The van der Waals surface area contributed by atoms with Gasteiger partial charge in [0.05, 0.1) is 6.61 Å². The minimum Gasteiger partial charge on any atom is -0.493 e. The molecule has 0 saturated carbocycles. The lowest BCUT2D eigenvalue weighted by molar-refractivity contribution is 0.312. The molecule has 0 aromatic heterocycles. The van der Waals surface area contributed by atoms with Crippen LogP contribution in [0.3, 0.4) is 0 Å². The van der Waals surface area contributed by atoms with E-state index in [0.29, 0.717) is 5.92 Å². The van der Waals surface area contributed by atoms with Crippen molar-refractivity contribution in [1.29, 1.82) is 0 Å². The average Bonchev–Trinajstić information content (AvgIpc) is 2.41. The Bertz CT molecular complexity index is 385. The largest absolute Gasteiger partial charge is 0.493 e. The van der Waals surface area contributed by atoms with Crippen LogP contribution in [0, 0.1) is 6.92 Å². The van der Waals surface area contributed by atoms with Gasteiger partial charge in [0.15, 0.2) is 0 Å². The SMILES string of the molecule is Cc1ccc(C(C)C)c2c1[C@H](N)CCCO2. The van der Waals surface area contributed by atoms with E-state index in [4.69, 9.17) is 10.5 Å². The molecule has 1 aromatic rings. The lowest BCUT2D eigenvalue weighted by atomic mass is 9.92. The maximum absolute atomic E-state index is 6.24. The summed E-state index contributed by atoms with van der Waals surface area (Å²) in [6.07, 6.45) is 2.07. The minimum absolute atomic E-state index is 0.135. The van der Waals surface area contributed by atoms with Gasteiger partial charge in [-0.2, -0.15) is 0 Å². The molecule has 0 amide bonds. The first kappa shape index (κ1) is 11.5. The summed E-state index contributed by atoms with van der Waals surface area (Å²) in [6, 6.07) is 4.48. The lowest BCUT2D eigenvalue weighted by Gasteiger charge is -2.20. The molecule has 2 nitrogen and oxygen atoms in total. The van der Waals surface area contributed by atoms with E-state index in [1.807, 2.05) is 0 Å². The summed E-state index contributed by atoms with van der Waals surface area (Å²) in [5.41, 5.74) is 10.0. The van der Waals surface area contributed by atoms with Crippen LogP contribution in [-0.4, -0.2) is 6.61 Å². The molecule has 0 spiro atoms. The van der Waals surface area contributed by atoms with Crippen molar-refractivity contribution in [3.05, 3.63) is 28.8 Å². The van der Waals surface area contributed by atoms with Crippen LogP contribution in [0.4, 0.5) is 0 Å². The molecule has 0 saturated heterocycles. The fourth-order valence-corrected chi connectivity index (χ4v) is 2.41. The van der Waals surface area contributed by atoms with Gasteiger partial charge in [-0.1, -0.05) is 26.0 Å². The quantitative estimate of drug-likeness (QED) is 0.786. The van der Waals surface area contributed by atoms with Crippen LogP contribution in [0.2, 0.25) is 0 Å². The van der Waals surface area contributed by atoms with Crippen molar-refractivity contribution in [3.8, 4) is 5.75 Å². The fraction of sp³-hybridized carbons (Fsp3) is 0.571. The van der Waals surface area contributed by atoms with Crippen LogP contribution in [0.1, 0.15) is 55.3 Å². The van der Waals surface area contributed by atoms with Gasteiger partial charge in [-0.15, -0.1) is 0 Å². The molecular formula is C14H21NO. The molecule has 0 aliphatic carbocycles. The van der Waals surface area contributed by atoms with Gasteiger partial charge < -0.3 is 10.5 Å². The Morgan fingerprint density at radius 2 is 2.12 bits per heavy atom. The zero-order valence-corrected chi connectivity index (χ0v) is 10.4. The number of rotatable bonds is 1. The first-order valence-corrected chi connectivity index (χ1v) is 6.13. The monoisotopic (exact) mass is 219 g/mol. The molecule has 88 valence electrons. The lowest BCUT2D eigenvalue weighted by Crippen LogP contribution is -2.11. The van der Waals surface area contributed by atoms with Gasteiger partial charge in [0.1, 0.15) is 5.75 Å². The van der Waals surface area contributed by atoms with E-state index < -0.39 is 0 Å². The summed E-state index contributed by atoms with van der Waals surface area (Å²) in [5, 5.41) is 0. The molecule has 16 heavy (non-hydrogen) atoms. The van der Waals surface area contributed by atoms with E-state index >= 15 is 0 Å². The van der Waals surface area contributed by atoms with Crippen LogP contribution in [-0.2, 0) is 0 Å². The van der Waals surface area contributed by atoms with E-state index in [9.17, 15) is 0 Å². The molecule has 1 aromatic carbocycles. The van der Waals surface area contributed by atoms with Crippen molar-refractivity contribution in [3.63, 3.8) is 0 Å². The van der Waals surface area contributed by atoms with Crippen LogP contribution in [0.25, 0.3) is 0 Å². The summed E-state index contributed by atoms with van der Waals surface area (Å²) in [7, 11) is 0. The summed E-state index contributed by atoms with van der Waals surface area (Å²) in [4.78, 5) is 0. The standard InChI is InChI=1S/C14H21NO/c1-9(2)11-7-6-10(3)13-12(15)5-4-8-16-14(11)13/h6-7,9,12H,4-5,8,15H2,1-3H3/t12-/m1/s1. The van der Waals surface area contributed by atoms with Gasteiger partial charge in [-0.05, 0) is 36.8 Å². The highest BCUT2D eigenvalue weighted by molar-refractivity contribution is 5.49. The Kier molecular flexibility index (Phi) is 3.20. The Morgan fingerprint density at radius 1 is 1.38 bits per heavy atom. The smallest absolute Gasteiger partial charge is 0.127 e. The van der Waals surface area contributed by atoms with Crippen molar-refractivity contribution in [2.24, 2.45) is 5.73 Å². The van der Waals surface area contributed by atoms with Crippen LogP contribution >= 0.6 is 0 Å². The number of benzene rings is 1. The number of nitrogens with two attached hydrogens (primary N) is 1. The van der Waals surface area contributed by atoms with E-state index in [2.05, 4.69) is 32.9 Å². The van der Waals surface area contributed by atoms with Gasteiger partial charge in [-0.25, -0.2) is 0 Å². The predicted molar refractivity (Wildman–Crippen MR) is 66.9 cm³/mol. The number of hydrogen-bond donors (Lipinski definition) is 1. The van der Waals surface area contributed by atoms with E-state index in [-0.39, 0.29) is 6.04 Å². The second-order valence-electron chi connectivity index (χ2n) is 4.97. The first-order chi connectivity index (χ1) is 7.61. The summed E-state index contributed by atoms with van der Waals surface area (Å²) in [5.74, 6) is 1.54. The molecule has 1 aliphatic rings. The highest BCUT2D eigenvalue weighted by Crippen LogP contribution is 2.38. The number of fused-ring (bicyclic) bond motifs is 1. The molecular weight excluding hydrogens is 198 g/mol. The molecule has 1 aliphatic heterocycles. The first-order valence-electron chi connectivity index (χ1n) is 6.13. The Balaban J connectivity index is 2.58. The normalized spacial score (nSPS) is 20.2. The average molecular weight is 219 g/mol. The molecule has 2 N–H and O–H groups in total. The molecule has 0 unspecified atom stereocenters. The zero-order valence-electron chi connectivity index (χ0n) is 10.4. The van der Waals surface area contributed by atoms with Crippen LogP contribution < -0.4 is 10.5 Å². The summed E-state index contributed by atoms with van der Waals surface area (Å²) in [6.45, 7) is 7.32. The third kappa shape index (κ3) is 1.94. The van der Waals surface area contributed by atoms with Gasteiger partial charge in [0.25, 0.3) is 0 Å². The molecule has 0 radical (unpaired) electrons. The van der Waals surface area contributed by atoms with Crippen LogP contribution in [0.15, 0.2) is 12.1 Å². The molecule has 1 atom stereocenters. The van der Waals surface area contributed by atoms with Crippen molar-refractivity contribution in [2.45, 2.75) is 45.6 Å². The highest BCUT2D eigenvalue weighted by atomic mass is 16.5. The maximum Gasteiger partial charge on any atom is 0.127 e. The van der Waals surface area contributed by atoms with Crippen molar-refractivity contribution in [2.75, 3.05) is 6.61 Å². The fourth-order valence-electron chi connectivity index (χ4n) is 2.41. The number of ether oxygens (including phenoxy) is 1. The highest BCUT2D eigenvalue weighted by Gasteiger charge is 2.22. The second-order valence-corrected chi connectivity index (χ2v) is 4.97. The molecule has 2 rings (SSSR count). The number of hydrogen-bond acceptors (Lipinski definition) is 2. The van der Waals surface area contributed by atoms with Crippen molar-refractivity contribution >= 4 is 0 Å². The third-order valence-electron chi connectivity index (χ3n) is 3.34. The second kappa shape index (κ2) is 4.46. The Morgan fingerprint density at radius 3 is 2.81 bits per heavy atom. The zero-order chi connectivity index (χ0) is 11.7. The van der Waals surface area contributed by atoms with Gasteiger partial charge in [0, 0.05) is 11.6 Å². The van der Waals surface area contributed by atoms with Gasteiger partial charge in [0.2, 0.25) is 0 Å². The number of aryl methyl sites for hydroxylation is 1. The molecule has 0 fully saturated rings. The van der Waals surface area contributed by atoms with Gasteiger partial charge in [-0.3, -0.25) is 0 Å². The van der Waals surface area contributed by atoms with E-state index in [1.54, 1.807) is 0 Å².